The van der Waals surface area contributed by atoms with Crippen LogP contribution >= 0.6 is 0 Å². The summed E-state index contributed by atoms with van der Waals surface area (Å²) in [5.74, 6) is 1.47. The number of methoxy groups -OCH3 is 1. The molecule has 0 aliphatic rings. The van der Waals surface area contributed by atoms with E-state index in [1.165, 1.54) is 0 Å². The highest BCUT2D eigenvalue weighted by molar-refractivity contribution is 5.84. The fourth-order valence-electron chi connectivity index (χ4n) is 1.24. The van der Waals surface area contributed by atoms with Crippen molar-refractivity contribution in [2.45, 2.75) is 19.4 Å². The number of ether oxygens (including phenoxy) is 2. The van der Waals surface area contributed by atoms with Crippen molar-refractivity contribution in [2.75, 3.05) is 7.11 Å². The Morgan fingerprint density at radius 3 is 2.38 bits per heavy atom. The summed E-state index contributed by atoms with van der Waals surface area (Å²) in [4.78, 5) is 0. The maximum Gasteiger partial charge on any atom is 0.180 e. The topological polar surface area (TPSA) is 77.1 Å². The minimum absolute atomic E-state index is 0.0679. The molecule has 0 aliphatic carbocycles. The molecule has 3 N–H and O–H groups in total. The van der Waals surface area contributed by atoms with Crippen molar-refractivity contribution in [2.24, 2.45) is 10.9 Å². The summed E-state index contributed by atoms with van der Waals surface area (Å²) in [6, 6.07) is 7.11. The van der Waals surface area contributed by atoms with Gasteiger partial charge in [0.15, 0.2) is 11.9 Å². The fraction of sp³-hybridized carbons (Fsp3) is 0.364. The molecule has 1 rings (SSSR count). The van der Waals surface area contributed by atoms with Crippen LogP contribution in [0.2, 0.25) is 0 Å². The van der Waals surface area contributed by atoms with Crippen molar-refractivity contribution in [3.63, 3.8) is 0 Å². The smallest absolute Gasteiger partial charge is 0.180 e. The van der Waals surface area contributed by atoms with Crippen LogP contribution < -0.4 is 15.2 Å². The van der Waals surface area contributed by atoms with Gasteiger partial charge in [-0.05, 0) is 30.7 Å². The summed E-state index contributed by atoms with van der Waals surface area (Å²) in [6.07, 6.45) is 0.209. The van der Waals surface area contributed by atoms with E-state index in [0.29, 0.717) is 12.2 Å². The number of benzene rings is 1. The molecule has 1 atom stereocenters. The second-order valence-corrected chi connectivity index (χ2v) is 3.22. The van der Waals surface area contributed by atoms with Gasteiger partial charge in [0.25, 0.3) is 0 Å². The van der Waals surface area contributed by atoms with E-state index in [9.17, 15) is 0 Å². The first-order valence-corrected chi connectivity index (χ1v) is 4.99. The van der Waals surface area contributed by atoms with E-state index in [4.69, 9.17) is 20.4 Å². The van der Waals surface area contributed by atoms with Crippen molar-refractivity contribution in [3.05, 3.63) is 24.3 Å². The summed E-state index contributed by atoms with van der Waals surface area (Å²) in [5, 5.41) is 11.5. The van der Waals surface area contributed by atoms with Crippen molar-refractivity contribution in [3.8, 4) is 11.5 Å². The molecule has 0 saturated carbocycles. The predicted octanol–water partition coefficient (Wildman–Crippen LogP) is 1.60. The third-order valence-corrected chi connectivity index (χ3v) is 2.15. The van der Waals surface area contributed by atoms with Crippen LogP contribution in [0.3, 0.4) is 0 Å². The van der Waals surface area contributed by atoms with Crippen LogP contribution in [0.1, 0.15) is 13.3 Å². The van der Waals surface area contributed by atoms with Gasteiger partial charge < -0.3 is 20.4 Å². The van der Waals surface area contributed by atoms with Gasteiger partial charge in [-0.3, -0.25) is 0 Å². The Balaban J connectivity index is 2.70. The lowest BCUT2D eigenvalue weighted by molar-refractivity contribution is 0.246. The third-order valence-electron chi connectivity index (χ3n) is 2.15. The Bertz CT molecular complexity index is 349. The summed E-state index contributed by atoms with van der Waals surface area (Å²) < 4.78 is 10.6. The molecule has 1 aromatic carbocycles. The second-order valence-electron chi connectivity index (χ2n) is 3.22. The minimum atomic E-state index is -0.418. The molecular weight excluding hydrogens is 208 g/mol. The number of rotatable bonds is 5. The van der Waals surface area contributed by atoms with E-state index < -0.39 is 6.10 Å². The van der Waals surface area contributed by atoms with Gasteiger partial charge in [-0.2, -0.15) is 0 Å². The van der Waals surface area contributed by atoms with Gasteiger partial charge in [0.1, 0.15) is 11.5 Å². The lowest BCUT2D eigenvalue weighted by atomic mass is 10.2. The van der Waals surface area contributed by atoms with E-state index in [2.05, 4.69) is 5.16 Å². The van der Waals surface area contributed by atoms with Crippen LogP contribution in [0.5, 0.6) is 11.5 Å². The van der Waals surface area contributed by atoms with Gasteiger partial charge in [-0.15, -0.1) is 0 Å². The SMILES string of the molecule is CC[C@H](Oc1ccc(OC)cc1)/C(N)=N/O. The zero-order valence-electron chi connectivity index (χ0n) is 9.38. The first kappa shape index (κ1) is 12.2. The average Bonchev–Trinajstić information content (AvgIpc) is 2.35. The number of oxime groups is 1. The first-order chi connectivity index (χ1) is 7.71. The fourth-order valence-corrected chi connectivity index (χ4v) is 1.24. The molecule has 5 heteroatoms. The van der Waals surface area contributed by atoms with E-state index >= 15 is 0 Å². The van der Waals surface area contributed by atoms with Gasteiger partial charge in [-0.1, -0.05) is 12.1 Å². The molecule has 5 nitrogen and oxygen atoms in total. The molecule has 1 aromatic rings. The van der Waals surface area contributed by atoms with Gasteiger partial charge in [0, 0.05) is 0 Å². The number of amidine groups is 1. The van der Waals surface area contributed by atoms with E-state index in [1.54, 1.807) is 31.4 Å². The van der Waals surface area contributed by atoms with Gasteiger partial charge in [0.2, 0.25) is 0 Å². The van der Waals surface area contributed by atoms with Crippen molar-refractivity contribution in [1.29, 1.82) is 0 Å². The van der Waals surface area contributed by atoms with E-state index in [0.717, 1.165) is 5.75 Å². The normalized spacial score (nSPS) is 13.2. The molecule has 16 heavy (non-hydrogen) atoms. The number of nitrogens with zero attached hydrogens (tertiary/aromatic N) is 1. The molecule has 0 bridgehead atoms. The van der Waals surface area contributed by atoms with E-state index in [1.807, 2.05) is 6.92 Å². The Morgan fingerprint density at radius 2 is 1.94 bits per heavy atom. The molecule has 0 aliphatic heterocycles. The van der Waals surface area contributed by atoms with Crippen LogP contribution in [0, 0.1) is 0 Å². The molecular formula is C11H16N2O3. The molecule has 0 saturated heterocycles. The molecule has 0 heterocycles. The molecule has 0 aromatic heterocycles. The Kier molecular flexibility index (Phi) is 4.44. The summed E-state index contributed by atoms with van der Waals surface area (Å²) in [5.41, 5.74) is 5.48. The van der Waals surface area contributed by atoms with Crippen LogP contribution in [0.15, 0.2) is 29.4 Å². The zero-order chi connectivity index (χ0) is 12.0. The Hall–Kier alpha value is -1.91. The van der Waals surface area contributed by atoms with Gasteiger partial charge in [-0.25, -0.2) is 0 Å². The standard InChI is InChI=1S/C11H16N2O3/c1-3-10(11(12)13-14)16-9-6-4-8(15-2)5-7-9/h4-7,10,14H,3H2,1-2H3,(H2,12,13)/t10-/m0/s1. The molecule has 0 fully saturated rings. The predicted molar refractivity (Wildman–Crippen MR) is 61.1 cm³/mol. The summed E-state index contributed by atoms with van der Waals surface area (Å²) in [7, 11) is 1.60. The second kappa shape index (κ2) is 5.85. The van der Waals surface area contributed by atoms with E-state index in [-0.39, 0.29) is 5.84 Å². The van der Waals surface area contributed by atoms with Crippen LogP contribution in [-0.4, -0.2) is 24.3 Å². The maximum atomic E-state index is 8.56. The maximum absolute atomic E-state index is 8.56. The van der Waals surface area contributed by atoms with Crippen molar-refractivity contribution in [1.82, 2.24) is 0 Å². The monoisotopic (exact) mass is 224 g/mol. The molecule has 88 valence electrons. The van der Waals surface area contributed by atoms with Crippen LogP contribution in [0.25, 0.3) is 0 Å². The van der Waals surface area contributed by atoms with Gasteiger partial charge >= 0.3 is 0 Å². The third kappa shape index (κ3) is 3.05. The van der Waals surface area contributed by atoms with Crippen LogP contribution in [-0.2, 0) is 0 Å². The summed E-state index contributed by atoms with van der Waals surface area (Å²) >= 11 is 0. The zero-order valence-corrected chi connectivity index (χ0v) is 9.38. The lowest BCUT2D eigenvalue weighted by Gasteiger charge is -2.15. The van der Waals surface area contributed by atoms with Crippen molar-refractivity contribution >= 4 is 5.84 Å². The average molecular weight is 224 g/mol. The molecule has 0 spiro atoms. The van der Waals surface area contributed by atoms with Gasteiger partial charge in [0.05, 0.1) is 7.11 Å². The quantitative estimate of drug-likeness (QED) is 0.344. The highest BCUT2D eigenvalue weighted by atomic mass is 16.5. The highest BCUT2D eigenvalue weighted by Gasteiger charge is 2.13. The number of hydrogen-bond donors (Lipinski definition) is 2. The first-order valence-electron chi connectivity index (χ1n) is 4.99. The molecule has 0 radical (unpaired) electrons. The summed E-state index contributed by atoms with van der Waals surface area (Å²) in [6.45, 7) is 1.90. The minimum Gasteiger partial charge on any atom is -0.497 e. The Labute approximate surface area is 94.5 Å². The largest absolute Gasteiger partial charge is 0.497 e. The highest BCUT2D eigenvalue weighted by Crippen LogP contribution is 2.18. The van der Waals surface area contributed by atoms with Crippen LogP contribution in [0.4, 0.5) is 0 Å². The lowest BCUT2D eigenvalue weighted by Crippen LogP contribution is -2.33. The molecule has 0 amide bonds. The molecule has 0 unspecified atom stereocenters. The number of hydrogen-bond acceptors (Lipinski definition) is 4. The Morgan fingerprint density at radius 1 is 1.38 bits per heavy atom. The van der Waals surface area contributed by atoms with Crippen molar-refractivity contribution < 1.29 is 14.7 Å². The number of nitrogens with two attached hydrogens (primary N) is 1.